The number of rotatable bonds is 11. The van der Waals surface area contributed by atoms with E-state index in [-0.39, 0.29) is 47.7 Å². The normalized spacial score (nSPS) is 16.5. The lowest BCUT2D eigenvalue weighted by Gasteiger charge is -2.36. The Morgan fingerprint density at radius 3 is 2.13 bits per heavy atom. The van der Waals surface area contributed by atoms with Gasteiger partial charge < -0.3 is 18.9 Å². The van der Waals surface area contributed by atoms with Crippen LogP contribution in [-0.2, 0) is 24.7 Å². The maximum absolute atomic E-state index is 13.4. The van der Waals surface area contributed by atoms with Crippen LogP contribution in [0.1, 0.15) is 43.2 Å². The van der Waals surface area contributed by atoms with Crippen LogP contribution in [0.2, 0.25) is 0 Å². The molecule has 0 aliphatic carbocycles. The van der Waals surface area contributed by atoms with E-state index in [0.29, 0.717) is 11.5 Å². The molecular formula is C34H34N6O7. The van der Waals surface area contributed by atoms with Gasteiger partial charge >= 0.3 is 0 Å². The number of Topliss-reactive ketones (excluding diaryl/α,β-unsaturated/α-hetero) is 1. The summed E-state index contributed by atoms with van der Waals surface area (Å²) >= 11 is 0. The van der Waals surface area contributed by atoms with E-state index in [1.807, 2.05) is 78.9 Å². The SMILES string of the molecule is COc1ccc(C(OC[C@@H]2CC(=O)[C@H](n3nnc4c(=O)[nH]c(NC(=O)C(C)C)nc43)O2)(c2ccccc2)c2ccc(OC)cc2)cc1. The van der Waals surface area contributed by atoms with Crippen molar-refractivity contribution >= 4 is 28.8 Å². The Balaban J connectivity index is 1.34. The van der Waals surface area contributed by atoms with Crippen LogP contribution >= 0.6 is 0 Å². The van der Waals surface area contributed by atoms with E-state index in [0.717, 1.165) is 21.4 Å². The lowest BCUT2D eigenvalue weighted by Crippen LogP contribution is -2.35. The minimum Gasteiger partial charge on any atom is -0.497 e. The van der Waals surface area contributed by atoms with Crippen molar-refractivity contribution < 1.29 is 28.5 Å². The fourth-order valence-corrected chi connectivity index (χ4v) is 5.53. The highest BCUT2D eigenvalue weighted by molar-refractivity contribution is 5.91. The Labute approximate surface area is 269 Å². The number of hydrogen-bond donors (Lipinski definition) is 2. The summed E-state index contributed by atoms with van der Waals surface area (Å²) in [5.41, 5.74) is 0.709. The molecule has 1 aliphatic rings. The first-order valence-corrected chi connectivity index (χ1v) is 15.1. The van der Waals surface area contributed by atoms with E-state index in [1.54, 1.807) is 28.1 Å². The summed E-state index contributed by atoms with van der Waals surface area (Å²) < 4.78 is 25.1. The molecule has 2 aromatic heterocycles. The van der Waals surface area contributed by atoms with Crippen molar-refractivity contribution in [1.29, 1.82) is 0 Å². The average Bonchev–Trinajstić information content (AvgIpc) is 3.68. The second kappa shape index (κ2) is 13.1. The maximum Gasteiger partial charge on any atom is 0.282 e. The Morgan fingerprint density at radius 1 is 0.957 bits per heavy atom. The van der Waals surface area contributed by atoms with Crippen molar-refractivity contribution in [1.82, 2.24) is 25.0 Å². The second-order valence-corrected chi connectivity index (χ2v) is 11.4. The zero-order valence-corrected chi connectivity index (χ0v) is 26.3. The molecule has 0 saturated carbocycles. The van der Waals surface area contributed by atoms with Crippen LogP contribution in [0.3, 0.4) is 0 Å². The highest BCUT2D eigenvalue weighted by Crippen LogP contribution is 2.42. The molecule has 2 atom stereocenters. The molecule has 13 heteroatoms. The fraction of sp³-hybridized carbons (Fsp3) is 0.294. The van der Waals surface area contributed by atoms with Gasteiger partial charge in [0, 0.05) is 12.3 Å². The van der Waals surface area contributed by atoms with Gasteiger partial charge in [-0.1, -0.05) is 73.7 Å². The van der Waals surface area contributed by atoms with E-state index >= 15 is 0 Å². The fourth-order valence-electron chi connectivity index (χ4n) is 5.53. The average molecular weight is 639 g/mol. The number of benzene rings is 3. The van der Waals surface area contributed by atoms with Crippen LogP contribution in [0, 0.1) is 5.92 Å². The smallest absolute Gasteiger partial charge is 0.282 e. The number of ether oxygens (including phenoxy) is 4. The number of anilines is 1. The van der Waals surface area contributed by atoms with Gasteiger partial charge in [0.05, 0.1) is 26.9 Å². The zero-order valence-electron chi connectivity index (χ0n) is 26.3. The first-order chi connectivity index (χ1) is 22.7. The highest BCUT2D eigenvalue weighted by atomic mass is 16.6. The van der Waals surface area contributed by atoms with Gasteiger partial charge in [-0.05, 0) is 41.0 Å². The summed E-state index contributed by atoms with van der Waals surface area (Å²) in [5.74, 6) is 0.321. The Morgan fingerprint density at radius 2 is 1.55 bits per heavy atom. The summed E-state index contributed by atoms with van der Waals surface area (Å²) in [7, 11) is 3.22. The molecule has 13 nitrogen and oxygen atoms in total. The molecule has 1 aliphatic heterocycles. The molecule has 6 rings (SSSR count). The Bertz CT molecular complexity index is 1890. The van der Waals surface area contributed by atoms with Crippen molar-refractivity contribution in [2.24, 2.45) is 5.92 Å². The number of nitrogens with one attached hydrogen (secondary N) is 2. The lowest BCUT2D eigenvalue weighted by atomic mass is 9.80. The van der Waals surface area contributed by atoms with Gasteiger partial charge in [-0.25, -0.2) is 0 Å². The summed E-state index contributed by atoms with van der Waals surface area (Å²) in [4.78, 5) is 45.1. The van der Waals surface area contributed by atoms with Gasteiger partial charge in [-0.15, -0.1) is 5.10 Å². The number of fused-ring (bicyclic) bond motifs is 1. The molecule has 1 fully saturated rings. The van der Waals surface area contributed by atoms with Crippen LogP contribution in [0.5, 0.6) is 11.5 Å². The number of nitrogens with zero attached hydrogens (tertiary/aromatic N) is 4. The third-order valence-electron chi connectivity index (χ3n) is 8.01. The number of carbonyl (C=O) groups excluding carboxylic acids is 2. The predicted molar refractivity (Wildman–Crippen MR) is 171 cm³/mol. The number of methoxy groups -OCH3 is 2. The van der Waals surface area contributed by atoms with Gasteiger partial charge in [0.1, 0.15) is 17.1 Å². The van der Waals surface area contributed by atoms with Gasteiger partial charge in [0.25, 0.3) is 5.56 Å². The van der Waals surface area contributed by atoms with Crippen molar-refractivity contribution in [2.45, 2.75) is 38.2 Å². The van der Waals surface area contributed by atoms with Crippen LogP contribution < -0.4 is 20.3 Å². The van der Waals surface area contributed by atoms with E-state index in [9.17, 15) is 14.4 Å². The number of amides is 1. The Hall–Kier alpha value is -5.40. The predicted octanol–water partition coefficient (Wildman–Crippen LogP) is 3.99. The third kappa shape index (κ3) is 6.10. The van der Waals surface area contributed by atoms with Crippen LogP contribution in [-0.4, -0.2) is 63.6 Å². The van der Waals surface area contributed by atoms with Crippen molar-refractivity contribution in [3.63, 3.8) is 0 Å². The molecule has 242 valence electrons. The van der Waals surface area contributed by atoms with E-state index in [2.05, 4.69) is 25.6 Å². The molecule has 1 amide bonds. The van der Waals surface area contributed by atoms with Gasteiger partial charge in [0.2, 0.25) is 18.1 Å². The lowest BCUT2D eigenvalue weighted by molar-refractivity contribution is -0.129. The summed E-state index contributed by atoms with van der Waals surface area (Å²) in [5, 5.41) is 10.5. The minimum atomic E-state index is -1.20. The number of aromatic amines is 1. The van der Waals surface area contributed by atoms with Crippen molar-refractivity contribution in [3.05, 3.63) is 106 Å². The first-order valence-electron chi connectivity index (χ1n) is 15.1. The highest BCUT2D eigenvalue weighted by Gasteiger charge is 2.42. The molecule has 2 N–H and O–H groups in total. The quantitative estimate of drug-likeness (QED) is 0.203. The van der Waals surface area contributed by atoms with Gasteiger partial charge in [-0.2, -0.15) is 9.67 Å². The monoisotopic (exact) mass is 638 g/mol. The van der Waals surface area contributed by atoms with Crippen molar-refractivity contribution in [2.75, 3.05) is 26.1 Å². The van der Waals surface area contributed by atoms with Crippen LogP contribution in [0.4, 0.5) is 5.95 Å². The second-order valence-electron chi connectivity index (χ2n) is 11.4. The molecule has 3 heterocycles. The molecule has 0 bridgehead atoms. The maximum atomic E-state index is 13.4. The molecule has 47 heavy (non-hydrogen) atoms. The first kappa shape index (κ1) is 31.6. The molecular weight excluding hydrogens is 604 g/mol. The van der Waals surface area contributed by atoms with Crippen LogP contribution in [0.25, 0.3) is 11.2 Å². The van der Waals surface area contributed by atoms with Crippen molar-refractivity contribution in [3.8, 4) is 11.5 Å². The molecule has 0 unspecified atom stereocenters. The third-order valence-corrected chi connectivity index (χ3v) is 8.01. The Kier molecular flexibility index (Phi) is 8.83. The summed E-state index contributed by atoms with van der Waals surface area (Å²) in [6.07, 6.45) is -1.86. The summed E-state index contributed by atoms with van der Waals surface area (Å²) in [6, 6.07) is 25.0. The summed E-state index contributed by atoms with van der Waals surface area (Å²) in [6.45, 7) is 3.44. The molecule has 1 saturated heterocycles. The topological polar surface area (TPSA) is 160 Å². The van der Waals surface area contributed by atoms with E-state index in [4.69, 9.17) is 18.9 Å². The number of H-pyrrole nitrogens is 1. The molecule has 3 aromatic carbocycles. The van der Waals surface area contributed by atoms with Gasteiger partial charge in [-0.3, -0.25) is 24.7 Å². The standard InChI is InChI=1S/C34H34N6O7/c1-20(2)30(42)36-33-35-29-28(31(43)37-33)38-39-40(29)32-27(41)18-26(47-32)19-46-34(21-8-6-5-7-9-21,22-10-14-24(44-3)15-11-22)23-12-16-25(45-4)17-13-23/h5-17,20,26,32H,18-19H2,1-4H3,(H2,35,36,37,42,43)/t26-,32+/m0/s1. The number of hydrogen-bond acceptors (Lipinski definition) is 10. The zero-order chi connectivity index (χ0) is 33.1. The largest absolute Gasteiger partial charge is 0.497 e. The molecule has 0 radical (unpaired) electrons. The molecule has 5 aromatic rings. The number of ketones is 1. The number of carbonyl (C=O) groups is 2. The minimum absolute atomic E-state index is 0.00261. The van der Waals surface area contributed by atoms with E-state index in [1.165, 1.54) is 0 Å². The van der Waals surface area contributed by atoms with E-state index < -0.39 is 23.5 Å². The molecule has 0 spiro atoms. The van der Waals surface area contributed by atoms with Gasteiger partial charge in [0.15, 0.2) is 16.9 Å². The number of aromatic nitrogens is 5. The van der Waals surface area contributed by atoms with Crippen LogP contribution in [0.15, 0.2) is 83.7 Å².